The minimum atomic E-state index is -3.31. The summed E-state index contributed by atoms with van der Waals surface area (Å²) in [6.45, 7) is 8.40. The van der Waals surface area contributed by atoms with Crippen LogP contribution in [0.3, 0.4) is 0 Å². The second-order valence-electron chi connectivity index (χ2n) is 7.64. The summed E-state index contributed by atoms with van der Waals surface area (Å²) in [5.74, 6) is -0.0477. The highest BCUT2D eigenvalue weighted by Gasteiger charge is 2.27. The van der Waals surface area contributed by atoms with Gasteiger partial charge in [-0.2, -0.15) is 0 Å². The molecule has 0 bridgehead atoms. The Labute approximate surface area is 167 Å². The Hall–Kier alpha value is -2.34. The van der Waals surface area contributed by atoms with E-state index in [4.69, 9.17) is 0 Å². The number of hydrogen-bond acceptors (Lipinski definition) is 3. The number of aryl methyl sites for hydroxylation is 3. The minimum absolute atomic E-state index is 0.143. The van der Waals surface area contributed by atoms with Crippen molar-refractivity contribution in [1.29, 1.82) is 0 Å². The average molecular weight is 401 g/mol. The van der Waals surface area contributed by atoms with Crippen molar-refractivity contribution in [2.75, 3.05) is 16.6 Å². The molecule has 1 saturated heterocycles. The van der Waals surface area contributed by atoms with E-state index >= 15 is 0 Å². The summed E-state index contributed by atoms with van der Waals surface area (Å²) in [6, 6.07) is 11.3. The molecule has 6 heteroatoms. The number of amides is 1. The third-order valence-corrected chi connectivity index (χ3v) is 7.32. The van der Waals surface area contributed by atoms with Gasteiger partial charge in [0.05, 0.1) is 17.5 Å². The van der Waals surface area contributed by atoms with Gasteiger partial charge >= 0.3 is 0 Å². The van der Waals surface area contributed by atoms with Crippen LogP contribution in [0.2, 0.25) is 0 Å². The predicted molar refractivity (Wildman–Crippen MR) is 113 cm³/mol. The molecule has 1 fully saturated rings. The molecular formula is C22H28N2O3S. The van der Waals surface area contributed by atoms with Crippen LogP contribution in [0.25, 0.3) is 0 Å². The van der Waals surface area contributed by atoms with Crippen LogP contribution in [0.4, 0.5) is 5.69 Å². The molecule has 1 heterocycles. The molecule has 0 saturated carbocycles. The lowest BCUT2D eigenvalue weighted by Gasteiger charge is -2.29. The van der Waals surface area contributed by atoms with Crippen molar-refractivity contribution in [3.63, 3.8) is 0 Å². The van der Waals surface area contributed by atoms with E-state index < -0.39 is 10.0 Å². The first-order chi connectivity index (χ1) is 13.2. The van der Waals surface area contributed by atoms with Crippen molar-refractivity contribution in [3.05, 3.63) is 64.2 Å². The first-order valence-electron chi connectivity index (χ1n) is 9.68. The lowest BCUT2D eigenvalue weighted by Crippen LogP contribution is -2.38. The van der Waals surface area contributed by atoms with Gasteiger partial charge in [0, 0.05) is 12.1 Å². The number of sulfonamides is 1. The van der Waals surface area contributed by atoms with Crippen LogP contribution in [0.5, 0.6) is 0 Å². The summed E-state index contributed by atoms with van der Waals surface area (Å²) in [7, 11) is -3.31. The van der Waals surface area contributed by atoms with E-state index in [0.717, 1.165) is 17.5 Å². The second kappa shape index (κ2) is 7.95. The van der Waals surface area contributed by atoms with Crippen molar-refractivity contribution in [3.8, 4) is 0 Å². The molecule has 28 heavy (non-hydrogen) atoms. The monoisotopic (exact) mass is 400 g/mol. The van der Waals surface area contributed by atoms with Gasteiger partial charge in [0.15, 0.2) is 0 Å². The lowest BCUT2D eigenvalue weighted by atomic mass is 10.0. The molecule has 150 valence electrons. The minimum Gasteiger partial charge on any atom is -0.346 e. The number of anilines is 1. The normalized spacial score (nSPS) is 17.2. The van der Waals surface area contributed by atoms with E-state index in [2.05, 4.69) is 31.3 Å². The van der Waals surface area contributed by atoms with Gasteiger partial charge in [0.25, 0.3) is 5.91 Å². The molecule has 0 spiro atoms. The van der Waals surface area contributed by atoms with Crippen LogP contribution in [0, 0.1) is 20.8 Å². The third-order valence-electron chi connectivity index (χ3n) is 5.47. The van der Waals surface area contributed by atoms with Gasteiger partial charge < -0.3 is 5.32 Å². The van der Waals surface area contributed by atoms with Gasteiger partial charge in [-0.15, -0.1) is 0 Å². The number of rotatable bonds is 4. The van der Waals surface area contributed by atoms with Crippen molar-refractivity contribution < 1.29 is 13.2 Å². The molecular weight excluding hydrogens is 372 g/mol. The number of benzene rings is 2. The highest BCUT2D eigenvalue weighted by Crippen LogP contribution is 2.28. The molecule has 1 unspecified atom stereocenters. The predicted octanol–water partition coefficient (Wildman–Crippen LogP) is 4.03. The maximum atomic E-state index is 12.8. The van der Waals surface area contributed by atoms with Gasteiger partial charge in [-0.25, -0.2) is 8.42 Å². The number of carbonyl (C=O) groups is 1. The fraction of sp³-hybridized carbons (Fsp3) is 0.409. The molecule has 5 nitrogen and oxygen atoms in total. The Kier molecular flexibility index (Phi) is 5.79. The lowest BCUT2D eigenvalue weighted by molar-refractivity contribution is 0.0940. The van der Waals surface area contributed by atoms with E-state index in [-0.39, 0.29) is 17.7 Å². The van der Waals surface area contributed by atoms with Gasteiger partial charge in [0.1, 0.15) is 0 Å². The number of nitrogens with one attached hydrogen (secondary N) is 1. The van der Waals surface area contributed by atoms with Crippen LogP contribution in [0.15, 0.2) is 36.4 Å². The molecule has 1 amide bonds. The second-order valence-corrected chi connectivity index (χ2v) is 9.65. The van der Waals surface area contributed by atoms with Gasteiger partial charge in [-0.05, 0) is 74.9 Å². The first-order valence-corrected chi connectivity index (χ1v) is 11.3. The van der Waals surface area contributed by atoms with E-state index in [1.807, 2.05) is 26.0 Å². The summed E-state index contributed by atoms with van der Waals surface area (Å²) in [5, 5.41) is 3.02. The standard InChI is InChI=1S/C22H28N2O3S/c1-15-7-9-19(13-17(15)3)18(4)23-22(25)20-10-8-16(2)21(14-20)24-11-5-6-12-28(24,26)27/h7-10,13-14,18H,5-6,11-12H2,1-4H3,(H,23,25). The number of carbonyl (C=O) groups excluding carboxylic acids is 1. The van der Waals surface area contributed by atoms with E-state index in [1.54, 1.807) is 12.1 Å². The molecule has 0 radical (unpaired) electrons. The molecule has 2 aromatic carbocycles. The van der Waals surface area contributed by atoms with Gasteiger partial charge in [0.2, 0.25) is 10.0 Å². The molecule has 3 rings (SSSR count). The Morgan fingerprint density at radius 2 is 1.71 bits per heavy atom. The number of nitrogens with zero attached hydrogens (tertiary/aromatic N) is 1. The Bertz CT molecular complexity index is 999. The molecule has 2 aromatic rings. The molecule has 0 aliphatic carbocycles. The zero-order valence-corrected chi connectivity index (χ0v) is 17.8. The number of hydrogen-bond donors (Lipinski definition) is 1. The summed E-state index contributed by atoms with van der Waals surface area (Å²) in [4.78, 5) is 12.8. The Morgan fingerprint density at radius 3 is 2.39 bits per heavy atom. The molecule has 0 aromatic heterocycles. The average Bonchev–Trinajstić information content (AvgIpc) is 2.64. The smallest absolute Gasteiger partial charge is 0.251 e. The fourth-order valence-corrected chi connectivity index (χ4v) is 5.17. The quantitative estimate of drug-likeness (QED) is 0.842. The maximum Gasteiger partial charge on any atom is 0.251 e. The maximum absolute atomic E-state index is 12.8. The van der Waals surface area contributed by atoms with Crippen LogP contribution in [0.1, 0.15) is 58.4 Å². The van der Waals surface area contributed by atoms with Crippen LogP contribution < -0.4 is 9.62 Å². The SMILES string of the molecule is Cc1ccc(C(C)NC(=O)c2ccc(C)c(N3CCCCS3(=O)=O)c2)cc1C. The van der Waals surface area contributed by atoms with Crippen molar-refractivity contribution in [1.82, 2.24) is 5.32 Å². The molecule has 1 atom stereocenters. The van der Waals surface area contributed by atoms with Gasteiger partial charge in [-0.3, -0.25) is 9.10 Å². The summed E-state index contributed by atoms with van der Waals surface area (Å²) in [6.07, 6.45) is 1.52. The molecule has 1 aliphatic rings. The van der Waals surface area contributed by atoms with E-state index in [1.165, 1.54) is 15.4 Å². The van der Waals surface area contributed by atoms with Crippen LogP contribution in [-0.2, 0) is 10.0 Å². The topological polar surface area (TPSA) is 66.5 Å². The Balaban J connectivity index is 1.83. The van der Waals surface area contributed by atoms with Crippen molar-refractivity contribution in [2.45, 2.75) is 46.6 Å². The van der Waals surface area contributed by atoms with E-state index in [0.29, 0.717) is 24.2 Å². The third kappa shape index (κ3) is 4.22. The Morgan fingerprint density at radius 1 is 1.00 bits per heavy atom. The zero-order chi connectivity index (χ0) is 20.5. The highest BCUT2D eigenvalue weighted by atomic mass is 32.2. The summed E-state index contributed by atoms with van der Waals surface area (Å²) < 4.78 is 26.4. The van der Waals surface area contributed by atoms with Crippen molar-refractivity contribution >= 4 is 21.6 Å². The highest BCUT2D eigenvalue weighted by molar-refractivity contribution is 7.92. The first kappa shape index (κ1) is 20.4. The van der Waals surface area contributed by atoms with E-state index in [9.17, 15) is 13.2 Å². The largest absolute Gasteiger partial charge is 0.346 e. The summed E-state index contributed by atoms with van der Waals surface area (Å²) >= 11 is 0. The molecule has 1 aliphatic heterocycles. The summed E-state index contributed by atoms with van der Waals surface area (Å²) in [5.41, 5.74) is 5.37. The van der Waals surface area contributed by atoms with Crippen LogP contribution in [-0.4, -0.2) is 26.6 Å². The zero-order valence-electron chi connectivity index (χ0n) is 17.0. The van der Waals surface area contributed by atoms with Crippen LogP contribution >= 0.6 is 0 Å². The molecule has 1 N–H and O–H groups in total. The van der Waals surface area contributed by atoms with Crippen molar-refractivity contribution in [2.24, 2.45) is 0 Å². The van der Waals surface area contributed by atoms with Gasteiger partial charge in [-0.1, -0.05) is 24.3 Å². The fourth-order valence-electron chi connectivity index (χ4n) is 3.48.